The Labute approximate surface area is 116 Å². The molecule has 0 N–H and O–H groups in total. The number of hydrogen-bond donors (Lipinski definition) is 0. The average Bonchev–Trinajstić information content (AvgIpc) is 2.30. The Balaban J connectivity index is 3.70. The van der Waals surface area contributed by atoms with Crippen molar-refractivity contribution in [1.82, 2.24) is 0 Å². The van der Waals surface area contributed by atoms with E-state index >= 15 is 0 Å². The molecule has 0 spiro atoms. The molecule has 0 aliphatic carbocycles. The van der Waals surface area contributed by atoms with Crippen LogP contribution in [0.5, 0.6) is 0 Å². The molecular formula is C12H18O8. The second-order valence-corrected chi connectivity index (χ2v) is 3.85. The molecule has 0 saturated carbocycles. The van der Waals surface area contributed by atoms with Gasteiger partial charge in [-0.15, -0.1) is 0 Å². The normalized spacial score (nSPS) is 11.3. The van der Waals surface area contributed by atoms with Gasteiger partial charge >= 0.3 is 17.9 Å². The van der Waals surface area contributed by atoms with Crippen molar-refractivity contribution < 1.29 is 38.1 Å². The molecule has 0 aliphatic heterocycles. The molecule has 8 heteroatoms. The van der Waals surface area contributed by atoms with Gasteiger partial charge in [0.15, 0.2) is 12.6 Å². The summed E-state index contributed by atoms with van der Waals surface area (Å²) in [6, 6.07) is 0. The van der Waals surface area contributed by atoms with E-state index in [0.29, 0.717) is 0 Å². The van der Waals surface area contributed by atoms with Gasteiger partial charge in [0.1, 0.15) is 6.61 Å². The maximum atomic E-state index is 11.3. The van der Waals surface area contributed by atoms with E-state index in [1.807, 2.05) is 0 Å². The molecule has 0 fully saturated rings. The van der Waals surface area contributed by atoms with Crippen molar-refractivity contribution in [3.05, 3.63) is 0 Å². The maximum absolute atomic E-state index is 11.3. The van der Waals surface area contributed by atoms with Gasteiger partial charge in [-0.2, -0.15) is 0 Å². The highest BCUT2D eigenvalue weighted by Crippen LogP contribution is 2.01. The summed E-state index contributed by atoms with van der Waals surface area (Å²) in [5.74, 6) is -2.12. The van der Waals surface area contributed by atoms with E-state index in [1.165, 1.54) is 20.8 Å². The number of rotatable bonds is 9. The second-order valence-electron chi connectivity index (χ2n) is 3.85. The van der Waals surface area contributed by atoms with Gasteiger partial charge in [-0.3, -0.25) is 19.2 Å². The third-order valence-electron chi connectivity index (χ3n) is 1.77. The van der Waals surface area contributed by atoms with Gasteiger partial charge in [0, 0.05) is 13.8 Å². The first-order chi connectivity index (χ1) is 9.31. The Morgan fingerprint density at radius 1 is 0.950 bits per heavy atom. The lowest BCUT2D eigenvalue weighted by Gasteiger charge is -2.12. The Morgan fingerprint density at radius 2 is 1.55 bits per heavy atom. The van der Waals surface area contributed by atoms with Crippen LogP contribution in [0.15, 0.2) is 0 Å². The zero-order valence-corrected chi connectivity index (χ0v) is 11.7. The quantitative estimate of drug-likeness (QED) is 0.340. The molecule has 0 amide bonds. The number of carbonyl (C=O) groups excluding carboxylic acids is 4. The van der Waals surface area contributed by atoms with Crippen LogP contribution in [0.25, 0.3) is 0 Å². The van der Waals surface area contributed by atoms with Gasteiger partial charge in [0.2, 0.25) is 6.29 Å². The zero-order valence-electron chi connectivity index (χ0n) is 11.7. The number of hydrogen-bond acceptors (Lipinski definition) is 8. The lowest BCUT2D eigenvalue weighted by atomic mass is 10.3. The summed E-state index contributed by atoms with van der Waals surface area (Å²) in [7, 11) is 0. The first-order valence-corrected chi connectivity index (χ1v) is 5.90. The fourth-order valence-electron chi connectivity index (χ4n) is 1.07. The summed E-state index contributed by atoms with van der Waals surface area (Å²) in [4.78, 5) is 43.5. The van der Waals surface area contributed by atoms with Crippen LogP contribution in [0.2, 0.25) is 0 Å². The number of esters is 3. The van der Waals surface area contributed by atoms with E-state index in [2.05, 4.69) is 9.47 Å². The van der Waals surface area contributed by atoms with E-state index in [1.54, 1.807) is 0 Å². The van der Waals surface area contributed by atoms with Gasteiger partial charge in [0.05, 0.1) is 12.8 Å². The number of ketones is 1. The first kappa shape index (κ1) is 18.0. The summed E-state index contributed by atoms with van der Waals surface area (Å²) in [6.07, 6.45) is -1.42. The van der Waals surface area contributed by atoms with Gasteiger partial charge in [-0.25, -0.2) is 0 Å². The smallest absolute Gasteiger partial charge is 0.309 e. The minimum atomic E-state index is -1.00. The predicted molar refractivity (Wildman–Crippen MR) is 64.1 cm³/mol. The largest absolute Gasteiger partial charge is 0.438 e. The van der Waals surface area contributed by atoms with Gasteiger partial charge in [0.25, 0.3) is 0 Å². The molecule has 0 aromatic carbocycles. The van der Waals surface area contributed by atoms with Crippen LogP contribution in [-0.2, 0) is 38.1 Å². The molecule has 0 aliphatic rings. The van der Waals surface area contributed by atoms with Crippen molar-refractivity contribution in [3.8, 4) is 0 Å². The van der Waals surface area contributed by atoms with Gasteiger partial charge in [-0.05, 0) is 6.92 Å². The van der Waals surface area contributed by atoms with Crippen molar-refractivity contribution in [3.63, 3.8) is 0 Å². The molecular weight excluding hydrogens is 272 g/mol. The lowest BCUT2D eigenvalue weighted by molar-refractivity contribution is -0.184. The van der Waals surface area contributed by atoms with E-state index in [4.69, 9.17) is 9.47 Å². The van der Waals surface area contributed by atoms with E-state index in [9.17, 15) is 19.2 Å². The minimum absolute atomic E-state index is 0.144. The molecule has 114 valence electrons. The Hall–Kier alpha value is -1.96. The molecule has 20 heavy (non-hydrogen) atoms. The van der Waals surface area contributed by atoms with Crippen molar-refractivity contribution in [2.45, 2.75) is 39.9 Å². The monoisotopic (exact) mass is 290 g/mol. The van der Waals surface area contributed by atoms with E-state index in [0.717, 1.165) is 0 Å². The Bertz CT molecular complexity index is 362. The van der Waals surface area contributed by atoms with Crippen molar-refractivity contribution in [1.29, 1.82) is 0 Å². The summed E-state index contributed by atoms with van der Waals surface area (Å²) >= 11 is 0. The molecule has 8 nitrogen and oxygen atoms in total. The van der Waals surface area contributed by atoms with E-state index < -0.39 is 24.2 Å². The lowest BCUT2D eigenvalue weighted by Crippen LogP contribution is -2.21. The summed E-state index contributed by atoms with van der Waals surface area (Å²) in [5.41, 5.74) is 0. The number of carbonyl (C=O) groups is 4. The molecule has 0 radical (unpaired) electrons. The molecule has 0 aromatic rings. The average molecular weight is 290 g/mol. The van der Waals surface area contributed by atoms with Gasteiger partial charge in [-0.1, -0.05) is 0 Å². The second kappa shape index (κ2) is 9.90. The highest BCUT2D eigenvalue weighted by atomic mass is 16.7. The summed E-state index contributed by atoms with van der Waals surface area (Å²) < 4.78 is 18.6. The molecule has 1 atom stereocenters. The molecule has 0 aromatic heterocycles. The highest BCUT2D eigenvalue weighted by molar-refractivity contribution is 5.78. The van der Waals surface area contributed by atoms with Crippen LogP contribution < -0.4 is 0 Å². The first-order valence-electron chi connectivity index (χ1n) is 5.90. The van der Waals surface area contributed by atoms with Crippen LogP contribution in [0.1, 0.15) is 33.6 Å². The third kappa shape index (κ3) is 11.1. The number of Topliss-reactive ketones (excluding diaryl/α,β-unsaturated/α-hetero) is 1. The molecule has 0 bridgehead atoms. The molecule has 0 saturated heterocycles. The number of ether oxygens (including phenoxy) is 4. The Kier molecular flexibility index (Phi) is 8.93. The molecule has 0 heterocycles. The Morgan fingerprint density at radius 3 is 2.10 bits per heavy atom. The van der Waals surface area contributed by atoms with Crippen LogP contribution in [0, 0.1) is 0 Å². The summed E-state index contributed by atoms with van der Waals surface area (Å²) in [5, 5.41) is 0. The highest BCUT2D eigenvalue weighted by Gasteiger charge is 2.14. The topological polar surface area (TPSA) is 105 Å². The minimum Gasteiger partial charge on any atom is -0.438 e. The van der Waals surface area contributed by atoms with Gasteiger partial charge < -0.3 is 18.9 Å². The predicted octanol–water partition coefficient (Wildman–Crippen LogP) is 0.325. The fraction of sp³-hybridized carbons (Fsp3) is 0.667. The van der Waals surface area contributed by atoms with Crippen molar-refractivity contribution >= 4 is 23.7 Å². The maximum Gasteiger partial charge on any atom is 0.309 e. The van der Waals surface area contributed by atoms with Crippen LogP contribution in [0.3, 0.4) is 0 Å². The van der Waals surface area contributed by atoms with Crippen LogP contribution in [0.4, 0.5) is 0 Å². The van der Waals surface area contributed by atoms with E-state index in [-0.39, 0.29) is 32.0 Å². The SMILES string of the molecule is CC(=O)COCOC(=O)CCC(=O)OC(C)OC(C)=O. The standard InChI is InChI=1S/C12H18O8/c1-8(13)6-17-7-18-11(15)4-5-12(16)20-10(3)19-9(2)14/h10H,4-7H2,1-3H3. The van der Waals surface area contributed by atoms with Crippen LogP contribution >= 0.6 is 0 Å². The third-order valence-corrected chi connectivity index (χ3v) is 1.77. The summed E-state index contributed by atoms with van der Waals surface area (Å²) in [6.45, 7) is 3.41. The molecule has 0 rings (SSSR count). The van der Waals surface area contributed by atoms with Crippen LogP contribution in [-0.4, -0.2) is 43.4 Å². The van der Waals surface area contributed by atoms with Crippen molar-refractivity contribution in [2.24, 2.45) is 0 Å². The zero-order chi connectivity index (χ0) is 15.5. The van der Waals surface area contributed by atoms with Crippen molar-refractivity contribution in [2.75, 3.05) is 13.4 Å². The molecule has 1 unspecified atom stereocenters. The fourth-order valence-corrected chi connectivity index (χ4v) is 1.07.